The molecule has 0 unspecified atom stereocenters. The van der Waals surface area contributed by atoms with Gasteiger partial charge in [-0.3, -0.25) is 9.13 Å². The normalized spacial score (nSPS) is 20.1. The van der Waals surface area contributed by atoms with Gasteiger partial charge in [0.1, 0.15) is 36.7 Å². The molecule has 4 aromatic rings. The van der Waals surface area contributed by atoms with Gasteiger partial charge >= 0.3 is 5.69 Å². The van der Waals surface area contributed by atoms with E-state index in [0.29, 0.717) is 58.7 Å². The Balaban J connectivity index is 1.12. The lowest BCUT2D eigenvalue weighted by molar-refractivity contribution is -0.0432. The van der Waals surface area contributed by atoms with Gasteiger partial charge in [0.25, 0.3) is 0 Å². The van der Waals surface area contributed by atoms with Gasteiger partial charge in [-0.1, -0.05) is 6.07 Å². The Hall–Kier alpha value is -4.27. The molecule has 2 aliphatic heterocycles. The van der Waals surface area contributed by atoms with E-state index < -0.39 is 24.1 Å². The van der Waals surface area contributed by atoms with Gasteiger partial charge in [0, 0.05) is 13.5 Å². The predicted octanol–water partition coefficient (Wildman–Crippen LogP) is 0.901. The predicted molar refractivity (Wildman–Crippen MR) is 130 cm³/mol. The van der Waals surface area contributed by atoms with Crippen molar-refractivity contribution in [3.63, 3.8) is 0 Å². The van der Waals surface area contributed by atoms with Crippen molar-refractivity contribution in [3.8, 4) is 17.2 Å². The van der Waals surface area contributed by atoms with Crippen molar-refractivity contribution < 1.29 is 24.4 Å². The van der Waals surface area contributed by atoms with Gasteiger partial charge in [0.2, 0.25) is 0 Å². The van der Waals surface area contributed by atoms with Crippen molar-refractivity contribution in [1.82, 2.24) is 29.1 Å². The first kappa shape index (κ1) is 23.1. The van der Waals surface area contributed by atoms with Gasteiger partial charge in [-0.25, -0.2) is 19.7 Å². The van der Waals surface area contributed by atoms with E-state index in [9.17, 15) is 15.0 Å². The minimum atomic E-state index is -0.762. The standard InChI is InChI=1S/C23H24N8O6/c1-30-8-15-20(29-23(30)34)28-18-13(3-2-4-14(18)36-15)35-6-5-24-21-19-22(26-10-25-21)31(11-27-19)17-7-12(33)16(9-32)37-17/h2-4,8,10-12,16-17,32-33H,5-7,9H2,1H3,(H,24,25,26)(H,28,29,34)/t12-,16-,17-/m1/s1. The van der Waals surface area contributed by atoms with Gasteiger partial charge in [0.15, 0.2) is 34.3 Å². The van der Waals surface area contributed by atoms with Crippen LogP contribution in [-0.4, -0.2) is 71.2 Å². The molecule has 0 radical (unpaired) electrons. The summed E-state index contributed by atoms with van der Waals surface area (Å²) < 4.78 is 20.7. The topological polar surface area (TPSA) is 171 Å². The molecule has 14 nitrogen and oxygen atoms in total. The minimum absolute atomic E-state index is 0.264. The fourth-order valence-corrected chi connectivity index (χ4v) is 4.34. The number of nitrogens with one attached hydrogen (secondary N) is 2. The van der Waals surface area contributed by atoms with Gasteiger partial charge < -0.3 is 35.1 Å². The number of ether oxygens (including phenoxy) is 3. The number of benzene rings is 1. The number of rotatable bonds is 7. The van der Waals surface area contributed by atoms with Crippen LogP contribution in [0.1, 0.15) is 12.6 Å². The van der Waals surface area contributed by atoms with E-state index in [4.69, 9.17) is 14.2 Å². The van der Waals surface area contributed by atoms with E-state index in [1.165, 1.54) is 10.9 Å². The monoisotopic (exact) mass is 508 g/mol. The van der Waals surface area contributed by atoms with Gasteiger partial charge in [-0.05, 0) is 12.1 Å². The van der Waals surface area contributed by atoms with E-state index in [2.05, 4.69) is 30.6 Å². The van der Waals surface area contributed by atoms with Gasteiger partial charge in [0.05, 0.1) is 31.8 Å². The molecule has 5 heterocycles. The lowest BCUT2D eigenvalue weighted by Crippen LogP contribution is -2.24. The number of aliphatic hydroxyl groups is 2. The van der Waals surface area contributed by atoms with Crippen molar-refractivity contribution in [3.05, 3.63) is 47.5 Å². The van der Waals surface area contributed by atoms with Crippen molar-refractivity contribution >= 4 is 28.5 Å². The number of hydrogen-bond acceptors (Lipinski definition) is 12. The second-order valence-corrected chi connectivity index (χ2v) is 8.64. The summed E-state index contributed by atoms with van der Waals surface area (Å²) in [5.41, 5.74) is 1.27. The van der Waals surface area contributed by atoms with Crippen LogP contribution in [-0.2, 0) is 11.8 Å². The molecule has 0 aliphatic carbocycles. The summed E-state index contributed by atoms with van der Waals surface area (Å²) in [6.45, 7) is 0.432. The molecule has 37 heavy (non-hydrogen) atoms. The Bertz CT molecular complexity index is 1520. The largest absolute Gasteiger partial charge is 0.489 e. The van der Waals surface area contributed by atoms with Crippen LogP contribution in [0.4, 0.5) is 17.3 Å². The zero-order valence-electron chi connectivity index (χ0n) is 19.7. The highest BCUT2D eigenvalue weighted by Gasteiger charge is 2.35. The van der Waals surface area contributed by atoms with E-state index in [1.54, 1.807) is 36.3 Å². The minimum Gasteiger partial charge on any atom is -0.489 e. The smallest absolute Gasteiger partial charge is 0.349 e. The van der Waals surface area contributed by atoms with Gasteiger partial charge in [-0.15, -0.1) is 0 Å². The first-order valence-electron chi connectivity index (χ1n) is 11.7. The van der Waals surface area contributed by atoms with Crippen molar-refractivity contribution in [1.29, 1.82) is 0 Å². The molecule has 4 N–H and O–H groups in total. The number of imidazole rings is 1. The maximum Gasteiger partial charge on any atom is 0.349 e. The summed E-state index contributed by atoms with van der Waals surface area (Å²) in [4.78, 5) is 29.0. The quantitative estimate of drug-likeness (QED) is 0.229. The number of aryl methyl sites for hydroxylation is 1. The third-order valence-electron chi connectivity index (χ3n) is 6.21. The van der Waals surface area contributed by atoms with Crippen LogP contribution in [0.5, 0.6) is 17.2 Å². The van der Waals surface area contributed by atoms with E-state index in [-0.39, 0.29) is 13.2 Å². The lowest BCUT2D eigenvalue weighted by Gasteiger charge is -2.23. The molecule has 3 atom stereocenters. The molecule has 192 valence electrons. The summed E-state index contributed by atoms with van der Waals surface area (Å²) in [7, 11) is 1.61. The molecule has 6 rings (SSSR count). The Morgan fingerprint density at radius 1 is 1.27 bits per heavy atom. The van der Waals surface area contributed by atoms with E-state index in [0.717, 1.165) is 0 Å². The van der Waals surface area contributed by atoms with Gasteiger partial charge in [-0.2, -0.15) is 4.98 Å². The Labute approximate surface area is 209 Å². The average molecular weight is 508 g/mol. The zero-order valence-corrected chi connectivity index (χ0v) is 19.7. The molecule has 0 saturated carbocycles. The number of nitrogens with zero attached hydrogens (tertiary/aromatic N) is 6. The number of para-hydroxylation sites is 1. The first-order chi connectivity index (χ1) is 18.0. The van der Waals surface area contributed by atoms with Crippen molar-refractivity contribution in [2.45, 2.75) is 24.9 Å². The number of fused-ring (bicyclic) bond motifs is 3. The highest BCUT2D eigenvalue weighted by molar-refractivity contribution is 5.82. The molecule has 0 amide bonds. The third-order valence-corrected chi connectivity index (χ3v) is 6.21. The summed E-state index contributed by atoms with van der Waals surface area (Å²) >= 11 is 0. The maximum absolute atomic E-state index is 11.9. The summed E-state index contributed by atoms with van der Waals surface area (Å²) in [6, 6.07) is 5.40. The molecule has 1 fully saturated rings. The SMILES string of the molecule is Cn1cc2c(nc1=O)Nc1c(OCCNc3ncnc4c3ncn4[C@H]3C[C@@H](O)[C@@H](CO)O3)cccc1O2. The van der Waals surface area contributed by atoms with Crippen LogP contribution in [0, 0.1) is 0 Å². The summed E-state index contributed by atoms with van der Waals surface area (Å²) in [5, 5.41) is 25.8. The Morgan fingerprint density at radius 2 is 2.16 bits per heavy atom. The number of aromatic nitrogens is 6. The van der Waals surface area contributed by atoms with E-state index in [1.807, 2.05) is 6.07 Å². The maximum atomic E-state index is 11.9. The van der Waals surface area contributed by atoms with Crippen LogP contribution >= 0.6 is 0 Å². The molecular formula is C23H24N8O6. The molecule has 1 aromatic carbocycles. The Morgan fingerprint density at radius 3 is 3.00 bits per heavy atom. The van der Waals surface area contributed by atoms with Crippen molar-refractivity contribution in [2.75, 3.05) is 30.4 Å². The average Bonchev–Trinajstić information content (AvgIpc) is 3.49. The van der Waals surface area contributed by atoms with Crippen LogP contribution < -0.4 is 25.8 Å². The fraction of sp³-hybridized carbons (Fsp3) is 0.348. The number of hydrogen-bond donors (Lipinski definition) is 4. The van der Waals surface area contributed by atoms with Crippen LogP contribution in [0.25, 0.3) is 11.2 Å². The van der Waals surface area contributed by atoms with Crippen LogP contribution in [0.15, 0.2) is 41.8 Å². The molecule has 0 spiro atoms. The Kier molecular flexibility index (Phi) is 5.82. The highest BCUT2D eigenvalue weighted by Crippen LogP contribution is 2.44. The number of aliphatic hydroxyl groups excluding tert-OH is 2. The van der Waals surface area contributed by atoms with Crippen LogP contribution in [0.3, 0.4) is 0 Å². The molecule has 14 heteroatoms. The second kappa shape index (κ2) is 9.31. The van der Waals surface area contributed by atoms with Crippen LogP contribution in [0.2, 0.25) is 0 Å². The lowest BCUT2D eigenvalue weighted by atomic mass is 10.2. The molecular weight excluding hydrogens is 484 g/mol. The van der Waals surface area contributed by atoms with Crippen molar-refractivity contribution in [2.24, 2.45) is 7.05 Å². The first-order valence-corrected chi connectivity index (χ1v) is 11.7. The molecule has 1 saturated heterocycles. The molecule has 2 aliphatic rings. The molecule has 3 aromatic heterocycles. The van der Waals surface area contributed by atoms with E-state index >= 15 is 0 Å². The second-order valence-electron chi connectivity index (χ2n) is 8.64. The zero-order chi connectivity index (χ0) is 25.5. The summed E-state index contributed by atoms with van der Waals surface area (Å²) in [6.07, 6.45) is 3.02. The fourth-order valence-electron chi connectivity index (χ4n) is 4.34. The third kappa shape index (κ3) is 4.20. The summed E-state index contributed by atoms with van der Waals surface area (Å²) in [5.74, 6) is 2.40. The number of anilines is 3. The highest BCUT2D eigenvalue weighted by atomic mass is 16.5. The molecule has 0 bridgehead atoms.